The third-order valence-electron chi connectivity index (χ3n) is 3.16. The number of ether oxygens (including phenoxy) is 3. The molecular formula is C17H17FN2O5. The summed E-state index contributed by atoms with van der Waals surface area (Å²) in [5.74, 6) is -1.12. The lowest BCUT2D eigenvalue weighted by Gasteiger charge is -2.12. The quantitative estimate of drug-likeness (QED) is 0.776. The molecule has 2 rings (SSSR count). The van der Waals surface area contributed by atoms with Gasteiger partial charge in [0.05, 0.1) is 19.8 Å². The highest BCUT2D eigenvalue weighted by Gasteiger charge is 2.15. The first-order valence-corrected chi connectivity index (χ1v) is 7.23. The molecule has 7 nitrogen and oxygen atoms in total. The molecule has 0 aliphatic carbocycles. The normalized spacial score (nSPS) is 9.88. The predicted octanol–water partition coefficient (Wildman–Crippen LogP) is 1.68. The van der Waals surface area contributed by atoms with Gasteiger partial charge < -0.3 is 14.2 Å². The van der Waals surface area contributed by atoms with E-state index in [9.17, 15) is 14.0 Å². The molecule has 25 heavy (non-hydrogen) atoms. The number of carbonyl (C=O) groups excluding carboxylic acids is 2. The summed E-state index contributed by atoms with van der Waals surface area (Å²) in [5.41, 5.74) is 4.58. The molecule has 0 bridgehead atoms. The Morgan fingerprint density at radius 3 is 2.44 bits per heavy atom. The van der Waals surface area contributed by atoms with Gasteiger partial charge in [0, 0.05) is 0 Å². The Morgan fingerprint density at radius 1 is 1.00 bits per heavy atom. The third-order valence-corrected chi connectivity index (χ3v) is 3.16. The summed E-state index contributed by atoms with van der Waals surface area (Å²) in [4.78, 5) is 23.9. The fraction of sp³-hybridized carbons (Fsp3) is 0.176. The van der Waals surface area contributed by atoms with Crippen LogP contribution in [0.15, 0.2) is 42.5 Å². The van der Waals surface area contributed by atoms with Crippen LogP contribution in [0, 0.1) is 5.82 Å². The van der Waals surface area contributed by atoms with Gasteiger partial charge in [-0.2, -0.15) is 0 Å². The summed E-state index contributed by atoms with van der Waals surface area (Å²) in [6.45, 7) is -0.462. The molecule has 0 aliphatic rings. The number of carbonyl (C=O) groups is 2. The molecule has 132 valence electrons. The molecule has 2 amide bonds. The summed E-state index contributed by atoms with van der Waals surface area (Å²) in [6, 6.07) is 10.4. The molecule has 0 fully saturated rings. The standard InChI is InChI=1S/C17H17FN2O5/c1-23-11-7-8-14(24-2)12(9-11)17(22)20-19-16(21)10-25-15-6-4-3-5-13(15)18/h3-9H,10H2,1-2H3,(H,19,21)(H,20,22). The van der Waals surface area contributed by atoms with Crippen LogP contribution in [0.1, 0.15) is 10.4 Å². The monoisotopic (exact) mass is 348 g/mol. The van der Waals surface area contributed by atoms with E-state index >= 15 is 0 Å². The second-order valence-corrected chi connectivity index (χ2v) is 4.79. The summed E-state index contributed by atoms with van der Waals surface area (Å²) in [7, 11) is 2.88. The zero-order valence-electron chi connectivity index (χ0n) is 13.7. The van der Waals surface area contributed by atoms with Crippen LogP contribution in [0.2, 0.25) is 0 Å². The van der Waals surface area contributed by atoms with E-state index in [-0.39, 0.29) is 11.3 Å². The summed E-state index contributed by atoms with van der Waals surface area (Å²) < 4.78 is 28.6. The van der Waals surface area contributed by atoms with Crippen molar-refractivity contribution in [3.63, 3.8) is 0 Å². The molecule has 0 aliphatic heterocycles. The van der Waals surface area contributed by atoms with E-state index in [0.29, 0.717) is 11.5 Å². The minimum absolute atomic E-state index is 0.0570. The van der Waals surface area contributed by atoms with Crippen LogP contribution in [0.5, 0.6) is 17.2 Å². The maximum atomic E-state index is 13.4. The number of hydrazine groups is 1. The average molecular weight is 348 g/mol. The molecule has 2 aromatic rings. The molecular weight excluding hydrogens is 331 g/mol. The van der Waals surface area contributed by atoms with Gasteiger partial charge in [-0.15, -0.1) is 0 Å². The number of amides is 2. The van der Waals surface area contributed by atoms with Gasteiger partial charge in [-0.05, 0) is 30.3 Å². The molecule has 2 N–H and O–H groups in total. The number of rotatable bonds is 6. The van der Waals surface area contributed by atoms with E-state index in [2.05, 4.69) is 10.9 Å². The van der Waals surface area contributed by atoms with E-state index in [1.807, 2.05) is 0 Å². The van der Waals surface area contributed by atoms with Gasteiger partial charge >= 0.3 is 0 Å². The molecule has 0 aromatic heterocycles. The summed E-state index contributed by atoms with van der Waals surface area (Å²) in [6.07, 6.45) is 0. The largest absolute Gasteiger partial charge is 0.497 e. The molecule has 0 atom stereocenters. The van der Waals surface area contributed by atoms with Gasteiger partial charge in [-0.3, -0.25) is 20.4 Å². The second kappa shape index (κ2) is 8.53. The molecule has 0 unspecified atom stereocenters. The maximum absolute atomic E-state index is 13.4. The highest BCUT2D eigenvalue weighted by molar-refractivity contribution is 5.98. The zero-order chi connectivity index (χ0) is 18.2. The topological polar surface area (TPSA) is 85.9 Å². The van der Waals surface area contributed by atoms with Gasteiger partial charge in [0.2, 0.25) is 0 Å². The van der Waals surface area contributed by atoms with Crippen molar-refractivity contribution in [1.82, 2.24) is 10.9 Å². The van der Waals surface area contributed by atoms with Crippen LogP contribution in [-0.2, 0) is 4.79 Å². The lowest BCUT2D eigenvalue weighted by molar-refractivity contribution is -0.123. The van der Waals surface area contributed by atoms with Gasteiger partial charge in [0.25, 0.3) is 11.8 Å². The first-order valence-electron chi connectivity index (χ1n) is 7.23. The Morgan fingerprint density at radius 2 is 1.76 bits per heavy atom. The average Bonchev–Trinajstić information content (AvgIpc) is 2.64. The lowest BCUT2D eigenvalue weighted by atomic mass is 10.2. The number of hydrogen-bond acceptors (Lipinski definition) is 5. The van der Waals surface area contributed by atoms with E-state index in [1.165, 1.54) is 38.5 Å². The SMILES string of the molecule is COc1ccc(OC)c(C(=O)NNC(=O)COc2ccccc2F)c1. The maximum Gasteiger partial charge on any atom is 0.276 e. The Balaban J connectivity index is 1.91. The van der Waals surface area contributed by atoms with Crippen LogP contribution < -0.4 is 25.1 Å². The van der Waals surface area contributed by atoms with Crippen molar-refractivity contribution in [2.45, 2.75) is 0 Å². The summed E-state index contributed by atoms with van der Waals surface area (Å²) >= 11 is 0. The smallest absolute Gasteiger partial charge is 0.276 e. The number of nitrogens with one attached hydrogen (secondary N) is 2. The minimum atomic E-state index is -0.654. The van der Waals surface area contributed by atoms with Crippen molar-refractivity contribution in [2.75, 3.05) is 20.8 Å². The molecule has 2 aromatic carbocycles. The second-order valence-electron chi connectivity index (χ2n) is 4.79. The van der Waals surface area contributed by atoms with Crippen molar-refractivity contribution in [3.8, 4) is 17.2 Å². The fourth-order valence-electron chi connectivity index (χ4n) is 1.93. The Bertz CT molecular complexity index is 766. The highest BCUT2D eigenvalue weighted by Crippen LogP contribution is 2.23. The number of methoxy groups -OCH3 is 2. The first kappa shape index (κ1) is 18.1. The van der Waals surface area contributed by atoms with Gasteiger partial charge in [0.15, 0.2) is 18.2 Å². The zero-order valence-corrected chi connectivity index (χ0v) is 13.7. The number of benzene rings is 2. The fourth-order valence-corrected chi connectivity index (χ4v) is 1.93. The Labute approximate surface area is 143 Å². The van der Waals surface area contributed by atoms with Crippen molar-refractivity contribution in [3.05, 3.63) is 53.8 Å². The third kappa shape index (κ3) is 4.84. The van der Waals surface area contributed by atoms with Crippen LogP contribution in [-0.4, -0.2) is 32.6 Å². The van der Waals surface area contributed by atoms with Crippen molar-refractivity contribution in [2.24, 2.45) is 0 Å². The van der Waals surface area contributed by atoms with Crippen LogP contribution in [0.4, 0.5) is 4.39 Å². The van der Waals surface area contributed by atoms with Crippen LogP contribution >= 0.6 is 0 Å². The molecule has 0 spiro atoms. The van der Waals surface area contributed by atoms with Gasteiger partial charge in [-0.25, -0.2) is 4.39 Å². The van der Waals surface area contributed by atoms with Crippen LogP contribution in [0.25, 0.3) is 0 Å². The summed E-state index contributed by atoms with van der Waals surface area (Å²) in [5, 5.41) is 0. The van der Waals surface area contributed by atoms with Crippen LogP contribution in [0.3, 0.4) is 0 Å². The van der Waals surface area contributed by atoms with Gasteiger partial charge in [0.1, 0.15) is 11.5 Å². The van der Waals surface area contributed by atoms with Crippen molar-refractivity contribution >= 4 is 11.8 Å². The molecule has 0 saturated heterocycles. The number of para-hydroxylation sites is 1. The Hall–Kier alpha value is -3.29. The number of hydrogen-bond donors (Lipinski definition) is 2. The molecule has 0 radical (unpaired) electrons. The first-order chi connectivity index (χ1) is 12.0. The van der Waals surface area contributed by atoms with Gasteiger partial charge in [-0.1, -0.05) is 12.1 Å². The van der Waals surface area contributed by atoms with E-state index in [1.54, 1.807) is 18.2 Å². The van der Waals surface area contributed by atoms with Crippen molar-refractivity contribution in [1.29, 1.82) is 0 Å². The highest BCUT2D eigenvalue weighted by atomic mass is 19.1. The van der Waals surface area contributed by atoms with E-state index < -0.39 is 24.2 Å². The Kier molecular flexibility index (Phi) is 6.16. The molecule has 0 saturated carbocycles. The molecule has 8 heteroatoms. The van der Waals surface area contributed by atoms with E-state index in [0.717, 1.165) is 0 Å². The predicted molar refractivity (Wildman–Crippen MR) is 87.0 cm³/mol. The van der Waals surface area contributed by atoms with E-state index in [4.69, 9.17) is 14.2 Å². The van der Waals surface area contributed by atoms with Crippen molar-refractivity contribution < 1.29 is 28.2 Å². The lowest BCUT2D eigenvalue weighted by Crippen LogP contribution is -2.44. The minimum Gasteiger partial charge on any atom is -0.497 e. The molecule has 0 heterocycles. The number of halogens is 1.